The number of hydrogen-bond donors (Lipinski definition) is 2. The minimum absolute atomic E-state index is 0.159. The molecule has 0 saturated carbocycles. The van der Waals surface area contributed by atoms with Gasteiger partial charge >= 0.3 is 0 Å². The quantitative estimate of drug-likeness (QED) is 0.411. The molecule has 0 spiro atoms. The van der Waals surface area contributed by atoms with Crippen LogP contribution in [-0.2, 0) is 0 Å². The van der Waals surface area contributed by atoms with E-state index in [9.17, 15) is 9.90 Å². The van der Waals surface area contributed by atoms with Crippen LogP contribution < -0.4 is 5.32 Å². The number of benzene rings is 1. The topological polar surface area (TPSA) is 49.3 Å². The van der Waals surface area contributed by atoms with Crippen molar-refractivity contribution in [3.8, 4) is 0 Å². The summed E-state index contributed by atoms with van der Waals surface area (Å²) in [7, 11) is 0. The van der Waals surface area contributed by atoms with E-state index in [1.165, 1.54) is 0 Å². The second-order valence-electron chi connectivity index (χ2n) is 5.39. The molecule has 106 valence electrons. The lowest BCUT2D eigenvalue weighted by molar-refractivity contribution is -0.00294. The van der Waals surface area contributed by atoms with Gasteiger partial charge in [-0.2, -0.15) is 0 Å². The third kappa shape index (κ3) is 4.40. The normalized spacial score (nSPS) is 12.4. The third-order valence-electron chi connectivity index (χ3n) is 3.19. The number of carbonyl (C=O) groups is 1. The Labute approximate surface area is 154 Å². The van der Waals surface area contributed by atoms with Crippen molar-refractivity contribution in [2.24, 2.45) is 0 Å². The molecule has 1 aromatic rings. The molecule has 1 amide bonds. The van der Waals surface area contributed by atoms with Gasteiger partial charge < -0.3 is 10.4 Å². The van der Waals surface area contributed by atoms with Crippen molar-refractivity contribution in [2.45, 2.75) is 38.8 Å². The molecule has 0 bridgehead atoms. The summed E-state index contributed by atoms with van der Waals surface area (Å²) in [5, 5.41) is 13.0. The molecule has 0 aliphatic rings. The number of rotatable bonds is 3. The van der Waals surface area contributed by atoms with Crippen LogP contribution in [0.3, 0.4) is 0 Å². The van der Waals surface area contributed by atoms with Gasteiger partial charge in [-0.3, -0.25) is 4.79 Å². The lowest BCUT2D eigenvalue weighted by Gasteiger charge is -2.38. The first kappa shape index (κ1) is 17.9. The van der Waals surface area contributed by atoms with E-state index < -0.39 is 11.1 Å². The predicted octanol–water partition coefficient (Wildman–Crippen LogP) is 3.78. The van der Waals surface area contributed by atoms with Crippen LogP contribution in [-0.4, -0.2) is 22.2 Å². The second kappa shape index (κ2) is 6.30. The van der Waals surface area contributed by atoms with Crippen molar-refractivity contribution < 1.29 is 9.90 Å². The average Bonchev–Trinajstić information content (AvgIpc) is 2.20. The Morgan fingerprint density at radius 3 is 2.16 bits per heavy atom. The maximum absolute atomic E-state index is 12.4. The highest BCUT2D eigenvalue weighted by Gasteiger charge is 2.36. The molecule has 0 aliphatic heterocycles. The molecular weight excluding hydrogens is 583 g/mol. The molecule has 6 heteroatoms. The molecule has 19 heavy (non-hydrogen) atoms. The van der Waals surface area contributed by atoms with E-state index in [4.69, 9.17) is 0 Å². The highest BCUT2D eigenvalue weighted by atomic mass is 127. The molecular formula is C13H16I3NO2. The maximum Gasteiger partial charge on any atom is 0.252 e. The number of amides is 1. The molecule has 1 aromatic carbocycles. The van der Waals surface area contributed by atoms with Crippen LogP contribution in [0.5, 0.6) is 0 Å². The van der Waals surface area contributed by atoms with Gasteiger partial charge in [0.1, 0.15) is 0 Å². The zero-order valence-electron chi connectivity index (χ0n) is 11.1. The SMILES string of the molecule is CC(C)(O)C(C)(C)NC(=O)c1cc(I)cc(I)c1I. The maximum atomic E-state index is 12.4. The van der Waals surface area contributed by atoms with E-state index in [0.717, 1.165) is 10.7 Å². The molecule has 0 aromatic heterocycles. The number of halogens is 3. The zero-order chi connectivity index (χ0) is 15.0. The summed E-state index contributed by atoms with van der Waals surface area (Å²) in [5.74, 6) is -0.159. The Bertz CT molecular complexity index is 507. The largest absolute Gasteiger partial charge is 0.388 e. The van der Waals surface area contributed by atoms with Crippen molar-refractivity contribution in [3.63, 3.8) is 0 Å². The monoisotopic (exact) mass is 599 g/mol. The number of nitrogens with one attached hydrogen (secondary N) is 1. The van der Waals surface area contributed by atoms with Crippen molar-refractivity contribution >= 4 is 73.7 Å². The van der Waals surface area contributed by atoms with Gasteiger partial charge in [0.2, 0.25) is 0 Å². The van der Waals surface area contributed by atoms with Gasteiger partial charge in [0.05, 0.1) is 16.7 Å². The smallest absolute Gasteiger partial charge is 0.252 e. The van der Waals surface area contributed by atoms with E-state index in [2.05, 4.69) is 73.1 Å². The Kier molecular flexibility index (Phi) is 5.94. The fourth-order valence-corrected chi connectivity index (χ4v) is 3.63. The Morgan fingerprint density at radius 1 is 1.16 bits per heavy atom. The van der Waals surface area contributed by atoms with Crippen molar-refractivity contribution in [3.05, 3.63) is 28.4 Å². The zero-order valence-corrected chi connectivity index (χ0v) is 17.6. The molecule has 0 saturated heterocycles. The highest BCUT2D eigenvalue weighted by Crippen LogP contribution is 2.25. The summed E-state index contributed by atoms with van der Waals surface area (Å²) in [6, 6.07) is 3.89. The van der Waals surface area contributed by atoms with Crippen LogP contribution in [0.25, 0.3) is 0 Å². The molecule has 0 aliphatic carbocycles. The first-order valence-corrected chi connectivity index (χ1v) is 8.89. The minimum Gasteiger partial charge on any atom is -0.388 e. The fraction of sp³-hybridized carbons (Fsp3) is 0.462. The summed E-state index contributed by atoms with van der Waals surface area (Å²) < 4.78 is 3.01. The average molecular weight is 599 g/mol. The van der Waals surface area contributed by atoms with Crippen LogP contribution in [0.4, 0.5) is 0 Å². The molecule has 2 N–H and O–H groups in total. The molecule has 0 unspecified atom stereocenters. The number of carbonyl (C=O) groups excluding carboxylic acids is 1. The lowest BCUT2D eigenvalue weighted by Crippen LogP contribution is -2.57. The van der Waals surface area contributed by atoms with Crippen molar-refractivity contribution in [1.82, 2.24) is 5.32 Å². The molecule has 3 nitrogen and oxygen atoms in total. The molecule has 0 heterocycles. The van der Waals surface area contributed by atoms with E-state index in [-0.39, 0.29) is 5.91 Å². The summed E-state index contributed by atoms with van der Waals surface area (Å²) in [5.41, 5.74) is -1.06. The Morgan fingerprint density at radius 2 is 1.68 bits per heavy atom. The van der Waals surface area contributed by atoms with Crippen LogP contribution in [0.2, 0.25) is 0 Å². The number of aliphatic hydroxyl groups is 1. The Balaban J connectivity index is 3.10. The van der Waals surface area contributed by atoms with Gasteiger partial charge in [-0.05, 0) is 108 Å². The van der Waals surface area contributed by atoms with Crippen LogP contribution in [0.1, 0.15) is 38.1 Å². The van der Waals surface area contributed by atoms with Crippen LogP contribution >= 0.6 is 67.8 Å². The molecule has 0 fully saturated rings. The first-order valence-electron chi connectivity index (χ1n) is 5.65. The summed E-state index contributed by atoms with van der Waals surface area (Å²) in [6.07, 6.45) is 0. The fourth-order valence-electron chi connectivity index (χ4n) is 1.23. The summed E-state index contributed by atoms with van der Waals surface area (Å²) >= 11 is 6.59. The lowest BCUT2D eigenvalue weighted by atomic mass is 9.86. The van der Waals surface area contributed by atoms with Gasteiger partial charge in [-0.25, -0.2) is 0 Å². The van der Waals surface area contributed by atoms with E-state index >= 15 is 0 Å². The van der Waals surface area contributed by atoms with Crippen molar-refractivity contribution in [2.75, 3.05) is 0 Å². The van der Waals surface area contributed by atoms with Crippen LogP contribution in [0.15, 0.2) is 12.1 Å². The number of hydrogen-bond acceptors (Lipinski definition) is 2. The Hall–Kier alpha value is 0.840. The highest BCUT2D eigenvalue weighted by molar-refractivity contribution is 14.1. The first-order chi connectivity index (χ1) is 8.45. The molecule has 1 rings (SSSR count). The second-order valence-corrected chi connectivity index (χ2v) is 8.87. The van der Waals surface area contributed by atoms with Crippen LogP contribution in [0, 0.1) is 10.7 Å². The standard InChI is InChI=1S/C13H16I3NO2/c1-12(2,13(3,4)19)17-11(18)8-5-7(14)6-9(15)10(8)16/h5-6,19H,1-4H3,(H,17,18). The predicted molar refractivity (Wildman–Crippen MR) is 102 cm³/mol. The van der Waals surface area contributed by atoms with Gasteiger partial charge in [-0.1, -0.05) is 0 Å². The minimum atomic E-state index is -0.997. The van der Waals surface area contributed by atoms with Crippen molar-refractivity contribution in [1.29, 1.82) is 0 Å². The van der Waals surface area contributed by atoms with E-state index in [1.807, 2.05) is 26.0 Å². The van der Waals surface area contributed by atoms with Gasteiger partial charge in [0, 0.05) is 10.7 Å². The summed E-state index contributed by atoms with van der Waals surface area (Å²) in [4.78, 5) is 12.4. The third-order valence-corrected chi connectivity index (χ3v) is 6.86. The molecule has 0 radical (unpaired) electrons. The van der Waals surface area contributed by atoms with Gasteiger partial charge in [0.15, 0.2) is 0 Å². The van der Waals surface area contributed by atoms with Gasteiger partial charge in [0.25, 0.3) is 5.91 Å². The molecule has 0 atom stereocenters. The summed E-state index contributed by atoms with van der Waals surface area (Å²) in [6.45, 7) is 7.01. The van der Waals surface area contributed by atoms with E-state index in [1.54, 1.807) is 13.8 Å². The van der Waals surface area contributed by atoms with Gasteiger partial charge in [-0.15, -0.1) is 0 Å². The van der Waals surface area contributed by atoms with E-state index in [0.29, 0.717) is 5.56 Å².